The van der Waals surface area contributed by atoms with Crippen molar-refractivity contribution in [1.29, 1.82) is 0 Å². The Morgan fingerprint density at radius 3 is 2.76 bits per heavy atom. The van der Waals surface area contributed by atoms with Gasteiger partial charge in [0.25, 0.3) is 0 Å². The third kappa shape index (κ3) is 3.30. The first kappa shape index (κ1) is 14.2. The van der Waals surface area contributed by atoms with Crippen LogP contribution in [-0.4, -0.2) is 47.8 Å². The molecule has 7 heteroatoms. The Morgan fingerprint density at radius 1 is 1.29 bits per heavy atom. The Labute approximate surface area is 128 Å². The monoisotopic (exact) mass is 305 g/mol. The normalized spacial score (nSPS) is 15.2. The number of aryl methyl sites for hydroxylation is 1. The van der Waals surface area contributed by atoms with Crippen LogP contribution in [0, 0.1) is 6.92 Å². The molecule has 0 saturated carbocycles. The summed E-state index contributed by atoms with van der Waals surface area (Å²) < 4.78 is 5.39. The van der Waals surface area contributed by atoms with Crippen LogP contribution in [0.5, 0.6) is 0 Å². The standard InChI is InChI=1S/C14H19N5OS/c1-3-15-13-16-12(11-8-10(2)21-9-11)17-14(18-13)19-4-6-20-7-5-19/h8-9H,3-7H2,1-2H3,(H,15,16,17,18). The fourth-order valence-corrected chi connectivity index (χ4v) is 2.88. The van der Waals surface area contributed by atoms with Crippen molar-refractivity contribution in [3.63, 3.8) is 0 Å². The van der Waals surface area contributed by atoms with Gasteiger partial charge in [-0.25, -0.2) is 0 Å². The first-order valence-electron chi connectivity index (χ1n) is 7.14. The number of nitrogens with zero attached hydrogens (tertiary/aromatic N) is 4. The first-order chi connectivity index (χ1) is 10.3. The predicted octanol–water partition coefficient (Wildman–Crippen LogP) is 2.18. The van der Waals surface area contributed by atoms with Gasteiger partial charge in [-0.3, -0.25) is 0 Å². The summed E-state index contributed by atoms with van der Waals surface area (Å²) in [5.74, 6) is 2.09. The number of rotatable bonds is 4. The highest BCUT2D eigenvalue weighted by Gasteiger charge is 2.17. The Morgan fingerprint density at radius 2 is 2.10 bits per heavy atom. The lowest BCUT2D eigenvalue weighted by Gasteiger charge is -2.27. The van der Waals surface area contributed by atoms with Crippen LogP contribution in [0.1, 0.15) is 11.8 Å². The van der Waals surface area contributed by atoms with Gasteiger partial charge in [0.05, 0.1) is 13.2 Å². The summed E-state index contributed by atoms with van der Waals surface area (Å²) in [5, 5.41) is 5.27. The highest BCUT2D eigenvalue weighted by Crippen LogP contribution is 2.24. The average molecular weight is 305 g/mol. The summed E-state index contributed by atoms with van der Waals surface area (Å²) in [5.41, 5.74) is 1.05. The molecule has 3 rings (SSSR count). The summed E-state index contributed by atoms with van der Waals surface area (Å²) in [4.78, 5) is 17.1. The Balaban J connectivity index is 1.96. The van der Waals surface area contributed by atoms with E-state index >= 15 is 0 Å². The molecular formula is C14H19N5OS. The summed E-state index contributed by atoms with van der Waals surface area (Å²) in [6, 6.07) is 2.11. The second-order valence-electron chi connectivity index (χ2n) is 4.86. The van der Waals surface area contributed by atoms with Crippen LogP contribution >= 0.6 is 11.3 Å². The van der Waals surface area contributed by atoms with Gasteiger partial charge in [0, 0.05) is 35.5 Å². The van der Waals surface area contributed by atoms with Crippen molar-refractivity contribution in [3.05, 3.63) is 16.3 Å². The lowest BCUT2D eigenvalue weighted by molar-refractivity contribution is 0.122. The van der Waals surface area contributed by atoms with Crippen molar-refractivity contribution in [1.82, 2.24) is 15.0 Å². The summed E-state index contributed by atoms with van der Waals surface area (Å²) in [6.45, 7) is 7.98. The van der Waals surface area contributed by atoms with E-state index in [4.69, 9.17) is 4.74 Å². The molecule has 2 aromatic rings. The fourth-order valence-electron chi connectivity index (χ4n) is 2.20. The zero-order valence-electron chi connectivity index (χ0n) is 12.3. The molecule has 3 heterocycles. The van der Waals surface area contributed by atoms with Crippen molar-refractivity contribution >= 4 is 23.2 Å². The molecule has 0 aromatic carbocycles. The lowest BCUT2D eigenvalue weighted by atomic mass is 10.3. The molecule has 1 N–H and O–H groups in total. The molecule has 1 aliphatic rings. The Kier molecular flexibility index (Phi) is 4.31. The number of anilines is 2. The van der Waals surface area contributed by atoms with Gasteiger partial charge < -0.3 is 15.0 Å². The van der Waals surface area contributed by atoms with Crippen molar-refractivity contribution < 1.29 is 4.74 Å². The maximum Gasteiger partial charge on any atom is 0.230 e. The van der Waals surface area contributed by atoms with Gasteiger partial charge >= 0.3 is 0 Å². The van der Waals surface area contributed by atoms with E-state index in [-0.39, 0.29) is 0 Å². The zero-order valence-corrected chi connectivity index (χ0v) is 13.1. The molecule has 0 unspecified atom stereocenters. The van der Waals surface area contributed by atoms with Gasteiger partial charge in [-0.15, -0.1) is 11.3 Å². The van der Waals surface area contributed by atoms with Crippen LogP contribution in [-0.2, 0) is 4.74 Å². The number of nitrogens with one attached hydrogen (secondary N) is 1. The summed E-state index contributed by atoms with van der Waals surface area (Å²) >= 11 is 1.71. The fraction of sp³-hybridized carbons (Fsp3) is 0.500. The Hall–Kier alpha value is -1.73. The minimum atomic E-state index is 0.632. The molecule has 0 bridgehead atoms. The molecule has 1 aliphatic heterocycles. The molecule has 0 aliphatic carbocycles. The third-order valence-corrected chi connectivity index (χ3v) is 4.10. The van der Waals surface area contributed by atoms with Crippen molar-refractivity contribution in [2.75, 3.05) is 43.1 Å². The molecule has 112 valence electrons. The molecule has 0 atom stereocenters. The van der Waals surface area contributed by atoms with Gasteiger partial charge in [0.15, 0.2) is 5.82 Å². The molecule has 1 saturated heterocycles. The van der Waals surface area contributed by atoms with Gasteiger partial charge in [-0.1, -0.05) is 0 Å². The Bertz CT molecular complexity index is 609. The maximum absolute atomic E-state index is 5.39. The number of hydrogen-bond donors (Lipinski definition) is 1. The first-order valence-corrected chi connectivity index (χ1v) is 8.02. The quantitative estimate of drug-likeness (QED) is 0.934. The number of aromatic nitrogens is 3. The molecule has 0 spiro atoms. The van der Waals surface area contributed by atoms with Crippen LogP contribution < -0.4 is 10.2 Å². The second kappa shape index (κ2) is 6.36. The lowest BCUT2D eigenvalue weighted by Crippen LogP contribution is -2.37. The molecule has 2 aromatic heterocycles. The van der Waals surface area contributed by atoms with Crippen LogP contribution in [0.3, 0.4) is 0 Å². The second-order valence-corrected chi connectivity index (χ2v) is 5.97. The van der Waals surface area contributed by atoms with Crippen molar-refractivity contribution in [2.45, 2.75) is 13.8 Å². The van der Waals surface area contributed by atoms with Crippen LogP contribution in [0.15, 0.2) is 11.4 Å². The average Bonchev–Trinajstić information content (AvgIpc) is 2.95. The molecule has 6 nitrogen and oxygen atoms in total. The number of thiophene rings is 1. The highest BCUT2D eigenvalue weighted by atomic mass is 32.1. The summed E-state index contributed by atoms with van der Waals surface area (Å²) in [6.07, 6.45) is 0. The topological polar surface area (TPSA) is 63.2 Å². The van der Waals surface area contributed by atoms with E-state index in [1.807, 2.05) is 6.92 Å². The van der Waals surface area contributed by atoms with E-state index in [0.717, 1.165) is 50.2 Å². The van der Waals surface area contributed by atoms with E-state index in [2.05, 4.69) is 43.5 Å². The van der Waals surface area contributed by atoms with Gasteiger partial charge in [0.1, 0.15) is 0 Å². The smallest absolute Gasteiger partial charge is 0.230 e. The van der Waals surface area contributed by atoms with Crippen LogP contribution in [0.25, 0.3) is 11.4 Å². The van der Waals surface area contributed by atoms with Crippen LogP contribution in [0.2, 0.25) is 0 Å². The minimum Gasteiger partial charge on any atom is -0.378 e. The van der Waals surface area contributed by atoms with E-state index < -0.39 is 0 Å². The molecule has 1 fully saturated rings. The van der Waals surface area contributed by atoms with Gasteiger partial charge in [-0.05, 0) is 19.9 Å². The molecule has 21 heavy (non-hydrogen) atoms. The minimum absolute atomic E-state index is 0.632. The highest BCUT2D eigenvalue weighted by molar-refractivity contribution is 7.10. The number of hydrogen-bond acceptors (Lipinski definition) is 7. The summed E-state index contributed by atoms with van der Waals surface area (Å²) in [7, 11) is 0. The molecule has 0 amide bonds. The van der Waals surface area contributed by atoms with Crippen molar-refractivity contribution in [2.24, 2.45) is 0 Å². The number of morpholine rings is 1. The van der Waals surface area contributed by atoms with E-state index in [1.54, 1.807) is 11.3 Å². The third-order valence-electron chi connectivity index (χ3n) is 3.24. The largest absolute Gasteiger partial charge is 0.378 e. The molecular weight excluding hydrogens is 286 g/mol. The van der Waals surface area contributed by atoms with Crippen molar-refractivity contribution in [3.8, 4) is 11.4 Å². The molecule has 0 radical (unpaired) electrons. The number of ether oxygens (including phenoxy) is 1. The maximum atomic E-state index is 5.39. The SMILES string of the molecule is CCNc1nc(-c2csc(C)c2)nc(N2CCOCC2)n1. The van der Waals surface area contributed by atoms with E-state index in [9.17, 15) is 0 Å². The predicted molar refractivity (Wildman–Crippen MR) is 85.1 cm³/mol. The van der Waals surface area contributed by atoms with Crippen LogP contribution in [0.4, 0.5) is 11.9 Å². The zero-order chi connectivity index (χ0) is 14.7. The van der Waals surface area contributed by atoms with Gasteiger partial charge in [-0.2, -0.15) is 15.0 Å². The van der Waals surface area contributed by atoms with E-state index in [0.29, 0.717) is 5.95 Å². The van der Waals surface area contributed by atoms with Gasteiger partial charge in [0.2, 0.25) is 11.9 Å². The van der Waals surface area contributed by atoms with E-state index in [1.165, 1.54) is 4.88 Å².